The SMILES string of the molecule is On1nnc2ccoc21. The number of aromatic nitrogens is 3. The first-order valence-electron chi connectivity index (χ1n) is 2.36. The van der Waals surface area contributed by atoms with Crippen molar-refractivity contribution in [3.8, 4) is 0 Å². The van der Waals surface area contributed by atoms with E-state index in [1.54, 1.807) is 6.07 Å². The van der Waals surface area contributed by atoms with E-state index in [9.17, 15) is 0 Å². The van der Waals surface area contributed by atoms with Crippen molar-refractivity contribution in [3.63, 3.8) is 0 Å². The van der Waals surface area contributed by atoms with Gasteiger partial charge in [-0.1, -0.05) is 0 Å². The van der Waals surface area contributed by atoms with Crippen molar-refractivity contribution in [2.24, 2.45) is 0 Å². The van der Waals surface area contributed by atoms with Crippen LogP contribution in [0.4, 0.5) is 0 Å². The lowest BCUT2D eigenvalue weighted by Gasteiger charge is -1.79. The summed E-state index contributed by atoms with van der Waals surface area (Å²) >= 11 is 0. The minimum Gasteiger partial charge on any atom is -0.443 e. The minimum atomic E-state index is 0.273. The predicted octanol–water partition coefficient (Wildman–Crippen LogP) is 0.262. The van der Waals surface area contributed by atoms with Crippen molar-refractivity contribution in [1.29, 1.82) is 0 Å². The van der Waals surface area contributed by atoms with Gasteiger partial charge in [-0.15, -0.1) is 5.10 Å². The summed E-state index contributed by atoms with van der Waals surface area (Å²) in [7, 11) is 0. The quantitative estimate of drug-likeness (QED) is 0.513. The van der Waals surface area contributed by atoms with Gasteiger partial charge >= 0.3 is 0 Å². The maximum Gasteiger partial charge on any atom is 0.283 e. The van der Waals surface area contributed by atoms with Crippen LogP contribution in [-0.4, -0.2) is 20.4 Å². The fourth-order valence-corrected chi connectivity index (χ4v) is 0.651. The largest absolute Gasteiger partial charge is 0.443 e. The van der Waals surface area contributed by atoms with Crippen LogP contribution in [0.2, 0.25) is 0 Å². The van der Waals surface area contributed by atoms with E-state index < -0.39 is 0 Å². The summed E-state index contributed by atoms with van der Waals surface area (Å²) in [6.45, 7) is 0. The molecular weight excluding hydrogens is 122 g/mol. The first-order chi connectivity index (χ1) is 4.38. The third-order valence-electron chi connectivity index (χ3n) is 1.04. The van der Waals surface area contributed by atoms with E-state index in [1.165, 1.54) is 6.26 Å². The molecular formula is C4H3N3O2. The van der Waals surface area contributed by atoms with E-state index in [0.717, 1.165) is 0 Å². The molecule has 0 aliphatic rings. The summed E-state index contributed by atoms with van der Waals surface area (Å²) < 4.78 is 4.78. The van der Waals surface area contributed by atoms with Gasteiger partial charge in [-0.25, -0.2) is 0 Å². The third kappa shape index (κ3) is 0.426. The summed E-state index contributed by atoms with van der Waals surface area (Å²) in [5.74, 6) is 0. The molecule has 0 saturated carbocycles. The second kappa shape index (κ2) is 1.25. The molecule has 5 nitrogen and oxygen atoms in total. The average Bonchev–Trinajstić information content (AvgIpc) is 2.35. The Morgan fingerprint density at radius 3 is 3.33 bits per heavy atom. The molecule has 0 atom stereocenters. The van der Waals surface area contributed by atoms with E-state index in [-0.39, 0.29) is 5.71 Å². The standard InChI is InChI=1S/C4H3N3O2/c8-7-4-3(5-6-7)1-2-9-4/h1-2,8H. The van der Waals surface area contributed by atoms with Crippen LogP contribution < -0.4 is 0 Å². The van der Waals surface area contributed by atoms with E-state index >= 15 is 0 Å². The Morgan fingerprint density at radius 1 is 1.67 bits per heavy atom. The zero-order chi connectivity index (χ0) is 6.27. The van der Waals surface area contributed by atoms with Gasteiger partial charge in [-0.3, -0.25) is 0 Å². The van der Waals surface area contributed by atoms with E-state index in [0.29, 0.717) is 10.4 Å². The molecule has 0 radical (unpaired) electrons. The molecule has 0 aliphatic heterocycles. The molecule has 2 heterocycles. The van der Waals surface area contributed by atoms with E-state index in [1.807, 2.05) is 0 Å². The second-order valence-electron chi connectivity index (χ2n) is 1.59. The van der Waals surface area contributed by atoms with E-state index in [2.05, 4.69) is 10.3 Å². The van der Waals surface area contributed by atoms with Crippen LogP contribution in [0.1, 0.15) is 0 Å². The summed E-state index contributed by atoms with van der Waals surface area (Å²) in [5.41, 5.74) is 0.826. The lowest BCUT2D eigenvalue weighted by atomic mass is 10.6. The lowest BCUT2D eigenvalue weighted by Crippen LogP contribution is -1.90. The van der Waals surface area contributed by atoms with Crippen LogP contribution >= 0.6 is 0 Å². The van der Waals surface area contributed by atoms with E-state index in [4.69, 9.17) is 9.62 Å². The van der Waals surface area contributed by atoms with Crippen molar-refractivity contribution in [3.05, 3.63) is 12.3 Å². The zero-order valence-corrected chi connectivity index (χ0v) is 4.35. The maximum absolute atomic E-state index is 8.75. The summed E-state index contributed by atoms with van der Waals surface area (Å²) in [6, 6.07) is 1.62. The summed E-state index contributed by atoms with van der Waals surface area (Å²) in [6.07, 6.45) is 1.44. The highest BCUT2D eigenvalue weighted by molar-refractivity contribution is 5.66. The van der Waals surface area contributed by atoms with Crippen LogP contribution in [0.3, 0.4) is 0 Å². The third-order valence-corrected chi connectivity index (χ3v) is 1.04. The van der Waals surface area contributed by atoms with Crippen LogP contribution in [0.25, 0.3) is 11.2 Å². The smallest absolute Gasteiger partial charge is 0.283 e. The Kier molecular flexibility index (Phi) is 0.606. The van der Waals surface area contributed by atoms with Crippen LogP contribution in [0.5, 0.6) is 0 Å². The van der Waals surface area contributed by atoms with Crippen LogP contribution in [0, 0.1) is 0 Å². The molecule has 9 heavy (non-hydrogen) atoms. The van der Waals surface area contributed by atoms with Gasteiger partial charge in [-0.05, 0) is 10.1 Å². The van der Waals surface area contributed by atoms with Crippen molar-refractivity contribution in [2.75, 3.05) is 0 Å². The number of furan rings is 1. The van der Waals surface area contributed by atoms with Crippen molar-refractivity contribution >= 4 is 11.2 Å². The maximum atomic E-state index is 8.75. The molecule has 1 N–H and O–H groups in total. The highest BCUT2D eigenvalue weighted by Gasteiger charge is 2.03. The van der Waals surface area contributed by atoms with Crippen molar-refractivity contribution < 1.29 is 9.62 Å². The Morgan fingerprint density at radius 2 is 2.56 bits per heavy atom. The predicted molar refractivity (Wildman–Crippen MR) is 27.0 cm³/mol. The van der Waals surface area contributed by atoms with Gasteiger partial charge in [0.25, 0.3) is 5.71 Å². The number of fused-ring (bicyclic) bond motifs is 1. The van der Waals surface area contributed by atoms with Gasteiger partial charge in [-0.2, -0.15) is 0 Å². The van der Waals surface area contributed by atoms with Crippen molar-refractivity contribution in [2.45, 2.75) is 0 Å². The van der Waals surface area contributed by atoms with Crippen LogP contribution in [-0.2, 0) is 0 Å². The monoisotopic (exact) mass is 125 g/mol. The minimum absolute atomic E-state index is 0.273. The van der Waals surface area contributed by atoms with Gasteiger partial charge in [0.2, 0.25) is 0 Å². The number of hydrogen-bond donors (Lipinski definition) is 1. The second-order valence-corrected chi connectivity index (χ2v) is 1.59. The normalized spacial score (nSPS) is 10.7. The molecule has 0 spiro atoms. The molecule has 46 valence electrons. The average molecular weight is 125 g/mol. The first-order valence-corrected chi connectivity index (χ1v) is 2.36. The summed E-state index contributed by atoms with van der Waals surface area (Å²) in [5, 5.41) is 15.6. The van der Waals surface area contributed by atoms with Gasteiger partial charge < -0.3 is 9.62 Å². The number of hydrogen-bond acceptors (Lipinski definition) is 4. The molecule has 0 unspecified atom stereocenters. The molecule has 2 rings (SSSR count). The Bertz CT molecular complexity index is 323. The fraction of sp³-hybridized carbons (Fsp3) is 0. The lowest BCUT2D eigenvalue weighted by molar-refractivity contribution is 0.144. The number of nitrogens with zero attached hydrogens (tertiary/aromatic N) is 3. The highest BCUT2D eigenvalue weighted by Crippen LogP contribution is 2.08. The summed E-state index contributed by atoms with van der Waals surface area (Å²) in [4.78, 5) is 0.593. The van der Waals surface area contributed by atoms with Gasteiger partial charge in [0, 0.05) is 6.07 Å². The van der Waals surface area contributed by atoms with Gasteiger partial charge in [0.1, 0.15) is 0 Å². The molecule has 0 saturated heterocycles. The molecule has 0 aliphatic carbocycles. The van der Waals surface area contributed by atoms with Crippen molar-refractivity contribution in [1.82, 2.24) is 15.2 Å². The van der Waals surface area contributed by atoms with Gasteiger partial charge in [0.15, 0.2) is 5.52 Å². The Hall–Kier alpha value is -1.52. The highest BCUT2D eigenvalue weighted by atomic mass is 16.5. The molecule has 5 heteroatoms. The topological polar surface area (TPSA) is 64.1 Å². The zero-order valence-electron chi connectivity index (χ0n) is 4.35. The molecule has 0 bridgehead atoms. The molecule has 2 aromatic rings. The molecule has 2 aromatic heterocycles. The molecule has 0 aromatic carbocycles. The fourth-order valence-electron chi connectivity index (χ4n) is 0.651. The Labute approximate surface area is 49.5 Å². The van der Waals surface area contributed by atoms with Gasteiger partial charge in [0.05, 0.1) is 6.26 Å². The number of rotatable bonds is 0. The first kappa shape index (κ1) is 4.37. The van der Waals surface area contributed by atoms with Crippen LogP contribution in [0.15, 0.2) is 16.7 Å². The molecule has 0 fully saturated rings. The molecule has 0 amide bonds. The Balaban J connectivity index is 2.99.